The Bertz CT molecular complexity index is 682. The van der Waals surface area contributed by atoms with E-state index in [4.69, 9.17) is 5.73 Å². The van der Waals surface area contributed by atoms with Gasteiger partial charge in [-0.15, -0.1) is 24.8 Å². The molecule has 0 radical (unpaired) electrons. The summed E-state index contributed by atoms with van der Waals surface area (Å²) in [6.45, 7) is 4.12. The summed E-state index contributed by atoms with van der Waals surface area (Å²) in [5, 5.41) is 2.89. The van der Waals surface area contributed by atoms with Crippen LogP contribution in [-0.4, -0.2) is 21.9 Å². The Balaban J connectivity index is 0.00000144. The minimum Gasteiger partial charge on any atom is -0.342 e. The van der Waals surface area contributed by atoms with E-state index in [-0.39, 0.29) is 30.7 Å². The van der Waals surface area contributed by atoms with Gasteiger partial charge in [0.25, 0.3) is 0 Å². The second-order valence-electron chi connectivity index (χ2n) is 6.71. The van der Waals surface area contributed by atoms with Crippen molar-refractivity contribution in [2.24, 2.45) is 11.7 Å². The number of nitrogens with two attached hydrogens (primary N) is 1. The molecule has 134 valence electrons. The number of amides is 1. The molecule has 3 rings (SSSR count). The van der Waals surface area contributed by atoms with Gasteiger partial charge in [0, 0.05) is 11.6 Å². The number of rotatable bonds is 5. The topological polar surface area (TPSA) is 83.8 Å². The molecule has 5 nitrogen and oxygen atoms in total. The number of aromatic amines is 1. The van der Waals surface area contributed by atoms with Crippen LogP contribution in [-0.2, 0) is 4.79 Å². The Labute approximate surface area is 155 Å². The van der Waals surface area contributed by atoms with Gasteiger partial charge < -0.3 is 16.0 Å². The summed E-state index contributed by atoms with van der Waals surface area (Å²) in [6, 6.07) is 5.29. The molecule has 1 aromatic carbocycles. The first kappa shape index (κ1) is 20.7. The number of imidazole rings is 1. The van der Waals surface area contributed by atoms with Crippen molar-refractivity contribution < 1.29 is 4.79 Å². The van der Waals surface area contributed by atoms with Crippen molar-refractivity contribution in [1.82, 2.24) is 9.97 Å². The Hall–Kier alpha value is -1.30. The lowest BCUT2D eigenvalue weighted by Crippen LogP contribution is -2.36. The van der Waals surface area contributed by atoms with E-state index in [2.05, 4.69) is 29.1 Å². The highest BCUT2D eigenvalue weighted by Gasteiger charge is 2.22. The standard InChI is InChI=1S/C17H24N4O.2ClH/c1-10(2)8-13(18)17(22)19-12-6-7-14-15(9-12)21-16(20-14)11-4-3-5-11;;/h6-7,9-11,13H,3-5,8,18H2,1-2H3,(H,19,22)(H,20,21);2*1H/t13-;;/m0../s1. The molecule has 4 N–H and O–H groups in total. The van der Waals surface area contributed by atoms with E-state index < -0.39 is 6.04 Å². The maximum Gasteiger partial charge on any atom is 0.241 e. The predicted molar refractivity (Wildman–Crippen MR) is 103 cm³/mol. The number of halogens is 2. The summed E-state index contributed by atoms with van der Waals surface area (Å²) in [5.74, 6) is 1.92. The number of H-pyrrole nitrogens is 1. The molecule has 1 aliphatic carbocycles. The highest BCUT2D eigenvalue weighted by molar-refractivity contribution is 5.96. The van der Waals surface area contributed by atoms with Gasteiger partial charge in [0.05, 0.1) is 17.1 Å². The molecule has 2 aromatic rings. The maximum absolute atomic E-state index is 12.1. The summed E-state index contributed by atoms with van der Waals surface area (Å²) >= 11 is 0. The van der Waals surface area contributed by atoms with E-state index in [1.807, 2.05) is 18.2 Å². The number of carbonyl (C=O) groups is 1. The van der Waals surface area contributed by atoms with Crippen molar-refractivity contribution in [3.63, 3.8) is 0 Å². The number of nitrogens with one attached hydrogen (secondary N) is 2. The third-order valence-electron chi connectivity index (χ3n) is 4.32. The van der Waals surface area contributed by atoms with Gasteiger partial charge in [0.2, 0.25) is 5.91 Å². The molecule has 0 bridgehead atoms. The monoisotopic (exact) mass is 372 g/mol. The number of hydrogen-bond acceptors (Lipinski definition) is 3. The third-order valence-corrected chi connectivity index (χ3v) is 4.32. The van der Waals surface area contributed by atoms with Crippen LogP contribution in [0, 0.1) is 5.92 Å². The molecular weight excluding hydrogens is 347 g/mol. The third kappa shape index (κ3) is 4.62. The van der Waals surface area contributed by atoms with Crippen LogP contribution in [0.2, 0.25) is 0 Å². The van der Waals surface area contributed by atoms with Gasteiger partial charge in [0.15, 0.2) is 0 Å². The predicted octanol–water partition coefficient (Wildman–Crippen LogP) is 3.99. The Morgan fingerprint density at radius 3 is 2.67 bits per heavy atom. The van der Waals surface area contributed by atoms with Gasteiger partial charge in [-0.05, 0) is 43.4 Å². The van der Waals surface area contributed by atoms with Crippen molar-refractivity contribution in [2.45, 2.75) is 51.5 Å². The summed E-state index contributed by atoms with van der Waals surface area (Å²) in [6.07, 6.45) is 4.40. The average Bonchev–Trinajstić information content (AvgIpc) is 2.78. The van der Waals surface area contributed by atoms with Gasteiger partial charge in [-0.2, -0.15) is 0 Å². The normalized spacial score (nSPS) is 15.3. The molecule has 0 aliphatic heterocycles. The average molecular weight is 373 g/mol. The first-order valence-corrected chi connectivity index (χ1v) is 8.09. The van der Waals surface area contributed by atoms with Crippen molar-refractivity contribution in [2.75, 3.05) is 5.32 Å². The highest BCUT2D eigenvalue weighted by atomic mass is 35.5. The molecule has 1 heterocycles. The molecule has 1 saturated carbocycles. The zero-order valence-electron chi connectivity index (χ0n) is 14.0. The molecule has 0 spiro atoms. The van der Waals surface area contributed by atoms with E-state index >= 15 is 0 Å². The van der Waals surface area contributed by atoms with E-state index in [1.54, 1.807) is 0 Å². The molecule has 1 atom stereocenters. The minimum absolute atomic E-state index is 0. The van der Waals surface area contributed by atoms with E-state index in [0.717, 1.165) is 22.5 Å². The highest BCUT2D eigenvalue weighted by Crippen LogP contribution is 2.35. The summed E-state index contributed by atoms with van der Waals surface area (Å²) in [5.41, 5.74) is 8.60. The number of aromatic nitrogens is 2. The van der Waals surface area contributed by atoms with Crippen LogP contribution >= 0.6 is 24.8 Å². The molecule has 24 heavy (non-hydrogen) atoms. The zero-order valence-corrected chi connectivity index (χ0v) is 15.7. The summed E-state index contributed by atoms with van der Waals surface area (Å²) in [4.78, 5) is 20.1. The van der Waals surface area contributed by atoms with Gasteiger partial charge in [-0.1, -0.05) is 20.3 Å². The molecule has 1 fully saturated rings. The van der Waals surface area contributed by atoms with Gasteiger partial charge in [-0.3, -0.25) is 4.79 Å². The second-order valence-corrected chi connectivity index (χ2v) is 6.71. The number of fused-ring (bicyclic) bond motifs is 1. The number of carbonyl (C=O) groups excluding carboxylic acids is 1. The van der Waals surface area contributed by atoms with Gasteiger partial charge >= 0.3 is 0 Å². The molecule has 0 unspecified atom stereocenters. The van der Waals surface area contributed by atoms with E-state index in [9.17, 15) is 4.79 Å². The molecule has 1 aromatic heterocycles. The number of benzene rings is 1. The SMILES string of the molecule is CC(C)C[C@H](N)C(=O)Nc1ccc2nc(C3CCC3)[nH]c2c1.Cl.Cl. The number of hydrogen-bond donors (Lipinski definition) is 3. The largest absolute Gasteiger partial charge is 0.342 e. The Morgan fingerprint density at radius 1 is 1.38 bits per heavy atom. The maximum atomic E-state index is 12.1. The van der Waals surface area contributed by atoms with Gasteiger partial charge in [0.1, 0.15) is 5.82 Å². The van der Waals surface area contributed by atoms with Crippen LogP contribution in [0.15, 0.2) is 18.2 Å². The fraction of sp³-hybridized carbons (Fsp3) is 0.529. The molecule has 1 amide bonds. The Morgan fingerprint density at radius 2 is 2.08 bits per heavy atom. The number of anilines is 1. The number of nitrogens with zero attached hydrogens (tertiary/aromatic N) is 1. The Kier molecular flexibility index (Phi) is 7.52. The van der Waals surface area contributed by atoms with Crippen LogP contribution in [0.25, 0.3) is 11.0 Å². The molecule has 0 saturated heterocycles. The van der Waals surface area contributed by atoms with Crippen LogP contribution in [0.5, 0.6) is 0 Å². The smallest absolute Gasteiger partial charge is 0.241 e. The van der Waals surface area contributed by atoms with Crippen LogP contribution < -0.4 is 11.1 Å². The lowest BCUT2D eigenvalue weighted by molar-refractivity contribution is -0.117. The van der Waals surface area contributed by atoms with Crippen molar-refractivity contribution in [3.05, 3.63) is 24.0 Å². The lowest BCUT2D eigenvalue weighted by Gasteiger charge is -2.22. The second kappa shape index (κ2) is 8.70. The van der Waals surface area contributed by atoms with Crippen LogP contribution in [0.4, 0.5) is 5.69 Å². The van der Waals surface area contributed by atoms with Crippen LogP contribution in [0.1, 0.15) is 51.3 Å². The molecule has 7 heteroatoms. The summed E-state index contributed by atoms with van der Waals surface area (Å²) in [7, 11) is 0. The minimum atomic E-state index is -0.469. The van der Waals surface area contributed by atoms with Gasteiger partial charge in [-0.25, -0.2) is 4.98 Å². The van der Waals surface area contributed by atoms with E-state index in [0.29, 0.717) is 18.3 Å². The fourth-order valence-electron chi connectivity index (χ4n) is 2.83. The van der Waals surface area contributed by atoms with Crippen molar-refractivity contribution in [1.29, 1.82) is 0 Å². The van der Waals surface area contributed by atoms with Crippen LogP contribution in [0.3, 0.4) is 0 Å². The zero-order chi connectivity index (χ0) is 15.7. The van der Waals surface area contributed by atoms with Crippen molar-refractivity contribution >= 4 is 47.4 Å². The first-order chi connectivity index (χ1) is 10.5. The lowest BCUT2D eigenvalue weighted by atomic mass is 9.85. The fourth-order valence-corrected chi connectivity index (χ4v) is 2.83. The van der Waals surface area contributed by atoms with E-state index in [1.165, 1.54) is 19.3 Å². The first-order valence-electron chi connectivity index (χ1n) is 8.09. The quantitative estimate of drug-likeness (QED) is 0.741. The molecule has 1 aliphatic rings. The summed E-state index contributed by atoms with van der Waals surface area (Å²) < 4.78 is 0. The van der Waals surface area contributed by atoms with Crippen molar-refractivity contribution in [3.8, 4) is 0 Å². The molecular formula is C17H26Cl2N4O.